The molecule has 0 rings (SSSR count). The first-order chi connectivity index (χ1) is 5.16. The average molecular weight is 166 g/mol. The van der Waals surface area contributed by atoms with Gasteiger partial charge in [-0.2, -0.15) is 0 Å². The summed E-state index contributed by atoms with van der Waals surface area (Å²) in [7, 11) is 0. The highest BCUT2D eigenvalue weighted by atomic mass is 17.1. The quantitative estimate of drug-likeness (QED) is 0.216. The Kier molecular flexibility index (Phi) is 6.39. The molecular formula is C6H14O5. The number of hydrogen-bond donors (Lipinski definition) is 3. The summed E-state index contributed by atoms with van der Waals surface area (Å²) in [5.74, 6) is 0. The Bertz CT molecular complexity index is 85.0. The molecule has 3 N–H and O–H groups in total. The second-order valence-corrected chi connectivity index (χ2v) is 2.24. The summed E-state index contributed by atoms with van der Waals surface area (Å²) >= 11 is 0. The van der Waals surface area contributed by atoms with Gasteiger partial charge in [0.05, 0.1) is 12.7 Å². The van der Waals surface area contributed by atoms with Crippen molar-refractivity contribution in [3.63, 3.8) is 0 Å². The molecule has 0 bridgehead atoms. The molecule has 68 valence electrons. The lowest BCUT2D eigenvalue weighted by molar-refractivity contribution is -0.257. The molecule has 0 saturated heterocycles. The monoisotopic (exact) mass is 166 g/mol. The first-order valence-electron chi connectivity index (χ1n) is 3.41. The van der Waals surface area contributed by atoms with Crippen LogP contribution in [-0.2, 0) is 9.62 Å². The number of aliphatic hydroxyl groups is 2. The predicted octanol–water partition coefficient (Wildman–Crippen LogP) is -0.418. The average Bonchev–Trinajstić information content (AvgIpc) is 1.86. The van der Waals surface area contributed by atoms with Crippen molar-refractivity contribution in [2.75, 3.05) is 13.2 Å². The minimum atomic E-state index is -0.995. The third-order valence-corrected chi connectivity index (χ3v) is 1.03. The van der Waals surface area contributed by atoms with Crippen molar-refractivity contribution in [1.82, 2.24) is 0 Å². The van der Waals surface area contributed by atoms with E-state index in [9.17, 15) is 0 Å². The SMILES string of the molecule is C[C@H](O)CC(O)OCCOO. The molecule has 11 heavy (non-hydrogen) atoms. The third-order valence-electron chi connectivity index (χ3n) is 1.03. The van der Waals surface area contributed by atoms with Crippen LogP contribution in [-0.4, -0.2) is 41.1 Å². The van der Waals surface area contributed by atoms with Crippen LogP contribution in [0.2, 0.25) is 0 Å². The van der Waals surface area contributed by atoms with E-state index in [0.29, 0.717) is 0 Å². The maximum absolute atomic E-state index is 8.93. The molecule has 0 heterocycles. The maximum atomic E-state index is 8.93. The molecule has 0 radical (unpaired) electrons. The lowest BCUT2D eigenvalue weighted by Crippen LogP contribution is -2.20. The second kappa shape index (κ2) is 6.51. The molecule has 2 atom stereocenters. The van der Waals surface area contributed by atoms with E-state index in [0.717, 1.165) is 0 Å². The zero-order chi connectivity index (χ0) is 8.69. The smallest absolute Gasteiger partial charge is 0.157 e. The van der Waals surface area contributed by atoms with Gasteiger partial charge in [0.25, 0.3) is 0 Å². The fourth-order valence-corrected chi connectivity index (χ4v) is 0.581. The standard InChI is InChI=1S/C6H14O5/c1-5(7)4-6(8)10-2-3-11-9/h5-9H,2-4H2,1H3/t5-,6?/m0/s1. The van der Waals surface area contributed by atoms with Crippen molar-refractivity contribution < 1.29 is 25.1 Å². The summed E-state index contributed by atoms with van der Waals surface area (Å²) in [6, 6.07) is 0. The van der Waals surface area contributed by atoms with Gasteiger partial charge in [0.2, 0.25) is 0 Å². The highest BCUT2D eigenvalue weighted by Crippen LogP contribution is 1.98. The van der Waals surface area contributed by atoms with E-state index < -0.39 is 12.4 Å². The zero-order valence-electron chi connectivity index (χ0n) is 6.43. The lowest BCUT2D eigenvalue weighted by atomic mass is 10.3. The van der Waals surface area contributed by atoms with Crippen molar-refractivity contribution in [2.45, 2.75) is 25.7 Å². The van der Waals surface area contributed by atoms with E-state index in [-0.39, 0.29) is 19.6 Å². The molecule has 0 aromatic carbocycles. The van der Waals surface area contributed by atoms with Crippen LogP contribution in [0.3, 0.4) is 0 Å². The maximum Gasteiger partial charge on any atom is 0.157 e. The van der Waals surface area contributed by atoms with E-state index in [1.54, 1.807) is 6.92 Å². The highest BCUT2D eigenvalue weighted by molar-refractivity contribution is 4.48. The first kappa shape index (κ1) is 10.8. The molecule has 0 aliphatic rings. The summed E-state index contributed by atoms with van der Waals surface area (Å²) in [4.78, 5) is 3.70. The summed E-state index contributed by atoms with van der Waals surface area (Å²) in [6.07, 6.45) is -1.43. The minimum absolute atomic E-state index is 0.0108. The van der Waals surface area contributed by atoms with Gasteiger partial charge in [0, 0.05) is 6.42 Å². The molecule has 0 saturated carbocycles. The Morgan fingerprint density at radius 3 is 2.36 bits per heavy atom. The van der Waals surface area contributed by atoms with Gasteiger partial charge in [-0.15, -0.1) is 0 Å². The van der Waals surface area contributed by atoms with Crippen LogP contribution in [0.4, 0.5) is 0 Å². The Morgan fingerprint density at radius 1 is 1.27 bits per heavy atom. The molecule has 0 aromatic rings. The number of rotatable bonds is 6. The molecule has 0 aliphatic carbocycles. The lowest BCUT2D eigenvalue weighted by Gasteiger charge is -2.12. The second-order valence-electron chi connectivity index (χ2n) is 2.24. The Balaban J connectivity index is 3.15. The van der Waals surface area contributed by atoms with E-state index in [2.05, 4.69) is 4.89 Å². The van der Waals surface area contributed by atoms with Gasteiger partial charge in [-0.3, -0.25) is 5.26 Å². The van der Waals surface area contributed by atoms with Gasteiger partial charge < -0.3 is 14.9 Å². The number of hydrogen-bond acceptors (Lipinski definition) is 5. The molecule has 0 fully saturated rings. The largest absolute Gasteiger partial charge is 0.393 e. The van der Waals surface area contributed by atoms with Gasteiger partial charge in [0.1, 0.15) is 6.61 Å². The summed E-state index contributed by atoms with van der Waals surface area (Å²) < 4.78 is 4.70. The van der Waals surface area contributed by atoms with Gasteiger partial charge in [-0.05, 0) is 6.92 Å². The van der Waals surface area contributed by atoms with Crippen LogP contribution in [0.15, 0.2) is 0 Å². The molecule has 0 aliphatic heterocycles. The molecule has 5 nitrogen and oxygen atoms in total. The van der Waals surface area contributed by atoms with Gasteiger partial charge >= 0.3 is 0 Å². The molecule has 0 amide bonds. The number of aliphatic hydroxyl groups excluding tert-OH is 2. The fourth-order valence-electron chi connectivity index (χ4n) is 0.581. The summed E-state index contributed by atoms with van der Waals surface area (Å²) in [5.41, 5.74) is 0. The van der Waals surface area contributed by atoms with E-state index in [1.807, 2.05) is 0 Å². The van der Waals surface area contributed by atoms with Crippen LogP contribution >= 0.6 is 0 Å². The van der Waals surface area contributed by atoms with Crippen LogP contribution in [0.5, 0.6) is 0 Å². The van der Waals surface area contributed by atoms with Gasteiger partial charge in [0.15, 0.2) is 6.29 Å². The molecular weight excluding hydrogens is 152 g/mol. The highest BCUT2D eigenvalue weighted by Gasteiger charge is 2.06. The van der Waals surface area contributed by atoms with Crippen molar-refractivity contribution >= 4 is 0 Å². The number of ether oxygens (including phenoxy) is 1. The molecule has 0 spiro atoms. The van der Waals surface area contributed by atoms with Gasteiger partial charge in [-0.25, -0.2) is 4.89 Å². The molecule has 0 aromatic heterocycles. The normalized spacial score (nSPS) is 16.4. The predicted molar refractivity (Wildman–Crippen MR) is 36.8 cm³/mol. The fraction of sp³-hybridized carbons (Fsp3) is 1.00. The Labute approximate surface area is 65.1 Å². The van der Waals surface area contributed by atoms with Crippen LogP contribution in [0.25, 0.3) is 0 Å². The van der Waals surface area contributed by atoms with E-state index in [1.165, 1.54) is 0 Å². The zero-order valence-corrected chi connectivity index (χ0v) is 6.43. The minimum Gasteiger partial charge on any atom is -0.393 e. The van der Waals surface area contributed by atoms with Crippen molar-refractivity contribution in [1.29, 1.82) is 0 Å². The van der Waals surface area contributed by atoms with Crippen molar-refractivity contribution in [2.24, 2.45) is 0 Å². The van der Waals surface area contributed by atoms with Crippen LogP contribution < -0.4 is 0 Å². The van der Waals surface area contributed by atoms with Crippen molar-refractivity contribution in [3.8, 4) is 0 Å². The topological polar surface area (TPSA) is 79.2 Å². The first-order valence-corrected chi connectivity index (χ1v) is 3.41. The van der Waals surface area contributed by atoms with Gasteiger partial charge in [-0.1, -0.05) is 0 Å². The van der Waals surface area contributed by atoms with E-state index >= 15 is 0 Å². The Hall–Kier alpha value is -0.200. The van der Waals surface area contributed by atoms with E-state index in [4.69, 9.17) is 20.2 Å². The summed E-state index contributed by atoms with van der Waals surface area (Å²) in [5, 5.41) is 25.5. The third kappa shape index (κ3) is 7.70. The molecule has 1 unspecified atom stereocenters. The van der Waals surface area contributed by atoms with Crippen LogP contribution in [0, 0.1) is 0 Å². The summed E-state index contributed by atoms with van der Waals surface area (Å²) in [6.45, 7) is 1.66. The van der Waals surface area contributed by atoms with Crippen molar-refractivity contribution in [3.05, 3.63) is 0 Å². The Morgan fingerprint density at radius 2 is 1.91 bits per heavy atom. The molecule has 5 heteroatoms. The van der Waals surface area contributed by atoms with Crippen LogP contribution in [0.1, 0.15) is 13.3 Å².